The van der Waals surface area contributed by atoms with E-state index in [1.54, 1.807) is 0 Å². The molecule has 0 unspecified atom stereocenters. The Morgan fingerprint density at radius 3 is 1.39 bits per heavy atom. The molecule has 4 aromatic rings. The van der Waals surface area contributed by atoms with Crippen LogP contribution in [0.2, 0.25) is 0 Å². The van der Waals surface area contributed by atoms with Crippen LogP contribution in [0.1, 0.15) is 0 Å². The molecule has 0 N–H and O–H groups in total. The number of benzene rings is 4. The third-order valence-corrected chi connectivity index (χ3v) is 6.98. The lowest BCUT2D eigenvalue weighted by Gasteiger charge is -2.32. The van der Waals surface area contributed by atoms with Crippen LogP contribution >= 0.6 is 11.8 Å². The van der Waals surface area contributed by atoms with Gasteiger partial charge in [0, 0.05) is 53.7 Å². The van der Waals surface area contributed by atoms with Crippen molar-refractivity contribution in [3.8, 4) is 0 Å². The van der Waals surface area contributed by atoms with Crippen LogP contribution in [0.25, 0.3) is 0 Å². The van der Waals surface area contributed by atoms with Crippen LogP contribution in [-0.2, 0) is 0 Å². The Hall–Kier alpha value is -3.37. The minimum absolute atomic E-state index is 1.18. The summed E-state index contributed by atoms with van der Waals surface area (Å²) in [5, 5.41) is 0. The highest BCUT2D eigenvalue weighted by molar-refractivity contribution is 7.99. The summed E-state index contributed by atoms with van der Waals surface area (Å²) < 4.78 is 0. The summed E-state index contributed by atoms with van der Waals surface area (Å²) in [6.07, 6.45) is 0. The SMILES string of the molecule is CN(c1ccccc1)c1ccc2c(c1)Sc1cc(N(C)c3ccccc3)ccc1N2C. The molecule has 0 amide bonds. The van der Waals surface area contributed by atoms with Crippen LogP contribution in [0.3, 0.4) is 0 Å². The summed E-state index contributed by atoms with van der Waals surface area (Å²) in [4.78, 5) is 9.30. The number of hydrogen-bond donors (Lipinski definition) is 0. The van der Waals surface area contributed by atoms with Crippen LogP contribution < -0.4 is 14.7 Å². The zero-order valence-corrected chi connectivity index (χ0v) is 18.8. The number of rotatable bonds is 4. The molecule has 0 atom stereocenters. The van der Waals surface area contributed by atoms with Gasteiger partial charge in [0.2, 0.25) is 0 Å². The largest absolute Gasteiger partial charge is 0.345 e. The zero-order valence-electron chi connectivity index (χ0n) is 18.0. The summed E-state index contributed by atoms with van der Waals surface area (Å²) in [6, 6.07) is 34.4. The quantitative estimate of drug-likeness (QED) is 0.337. The predicted molar refractivity (Wildman–Crippen MR) is 134 cm³/mol. The molecule has 0 aromatic heterocycles. The van der Waals surface area contributed by atoms with Crippen molar-refractivity contribution in [3.63, 3.8) is 0 Å². The third-order valence-electron chi connectivity index (χ3n) is 5.89. The van der Waals surface area contributed by atoms with Crippen molar-refractivity contribution < 1.29 is 0 Å². The van der Waals surface area contributed by atoms with E-state index < -0.39 is 0 Å². The van der Waals surface area contributed by atoms with Gasteiger partial charge in [-0.15, -0.1) is 0 Å². The maximum absolute atomic E-state index is 2.29. The summed E-state index contributed by atoms with van der Waals surface area (Å²) >= 11 is 1.84. The van der Waals surface area contributed by atoms with Crippen LogP contribution in [0, 0.1) is 0 Å². The van der Waals surface area contributed by atoms with Crippen LogP contribution in [0.5, 0.6) is 0 Å². The molecule has 0 saturated carbocycles. The van der Waals surface area contributed by atoms with Gasteiger partial charge in [0.05, 0.1) is 11.4 Å². The number of nitrogens with zero attached hydrogens (tertiary/aromatic N) is 3. The van der Waals surface area contributed by atoms with Gasteiger partial charge in [-0.3, -0.25) is 0 Å². The van der Waals surface area contributed by atoms with Crippen molar-refractivity contribution in [2.75, 3.05) is 35.8 Å². The number of anilines is 6. The molecule has 4 aromatic carbocycles. The Kier molecular flexibility index (Phi) is 5.08. The first-order valence-electron chi connectivity index (χ1n) is 10.4. The fourth-order valence-corrected chi connectivity index (χ4v) is 5.21. The van der Waals surface area contributed by atoms with E-state index in [-0.39, 0.29) is 0 Å². The van der Waals surface area contributed by atoms with Crippen molar-refractivity contribution in [1.82, 2.24) is 0 Å². The first-order valence-corrected chi connectivity index (χ1v) is 11.2. The second kappa shape index (κ2) is 8.05. The van der Waals surface area contributed by atoms with Gasteiger partial charge in [0.25, 0.3) is 0 Å². The average Bonchev–Trinajstić information content (AvgIpc) is 2.83. The minimum Gasteiger partial charge on any atom is -0.345 e. The zero-order chi connectivity index (χ0) is 21.4. The smallest absolute Gasteiger partial charge is 0.0551 e. The first kappa shape index (κ1) is 19.6. The van der Waals surface area contributed by atoms with E-state index in [0.29, 0.717) is 0 Å². The van der Waals surface area contributed by atoms with Gasteiger partial charge >= 0.3 is 0 Å². The maximum Gasteiger partial charge on any atom is 0.0551 e. The molecule has 0 bridgehead atoms. The predicted octanol–water partition coefficient (Wildman–Crippen LogP) is 7.45. The Morgan fingerprint density at radius 2 is 0.968 bits per heavy atom. The van der Waals surface area contributed by atoms with Gasteiger partial charge < -0.3 is 14.7 Å². The van der Waals surface area contributed by atoms with Crippen molar-refractivity contribution in [2.24, 2.45) is 0 Å². The Balaban J connectivity index is 1.48. The minimum atomic E-state index is 1.18. The Labute approximate surface area is 188 Å². The lowest BCUT2D eigenvalue weighted by molar-refractivity contribution is 1.09. The van der Waals surface area contributed by atoms with Crippen LogP contribution in [-0.4, -0.2) is 21.1 Å². The summed E-state index contributed by atoms with van der Waals surface area (Å²) in [6.45, 7) is 0. The molecule has 5 rings (SSSR count). The fourth-order valence-electron chi connectivity index (χ4n) is 3.99. The van der Waals surface area contributed by atoms with E-state index in [4.69, 9.17) is 0 Å². The normalized spacial score (nSPS) is 12.2. The second-order valence-corrected chi connectivity index (χ2v) is 8.84. The van der Waals surface area contributed by atoms with E-state index in [1.165, 1.54) is 43.9 Å². The molecule has 0 radical (unpaired) electrons. The molecule has 0 spiro atoms. The van der Waals surface area contributed by atoms with Gasteiger partial charge in [-0.2, -0.15) is 0 Å². The van der Waals surface area contributed by atoms with E-state index in [9.17, 15) is 0 Å². The maximum atomic E-state index is 2.29. The van der Waals surface area contributed by atoms with Crippen LogP contribution in [0.4, 0.5) is 34.1 Å². The first-order chi connectivity index (χ1) is 15.1. The number of para-hydroxylation sites is 2. The molecule has 0 aliphatic carbocycles. The summed E-state index contributed by atoms with van der Waals surface area (Å²) in [5.74, 6) is 0. The van der Waals surface area contributed by atoms with Gasteiger partial charge in [-0.05, 0) is 60.7 Å². The summed E-state index contributed by atoms with van der Waals surface area (Å²) in [5.41, 5.74) is 7.23. The monoisotopic (exact) mass is 423 g/mol. The van der Waals surface area contributed by atoms with Crippen LogP contribution in [0.15, 0.2) is 107 Å². The highest BCUT2D eigenvalue weighted by Crippen LogP contribution is 2.50. The number of fused-ring (bicyclic) bond motifs is 2. The average molecular weight is 424 g/mol. The molecule has 1 aliphatic heterocycles. The van der Waals surface area contributed by atoms with Crippen molar-refractivity contribution in [1.29, 1.82) is 0 Å². The van der Waals surface area contributed by atoms with E-state index in [0.717, 1.165) is 0 Å². The lowest BCUT2D eigenvalue weighted by atomic mass is 10.2. The Morgan fingerprint density at radius 1 is 0.548 bits per heavy atom. The van der Waals surface area contributed by atoms with Crippen molar-refractivity contribution in [3.05, 3.63) is 97.1 Å². The highest BCUT2D eigenvalue weighted by atomic mass is 32.2. The molecule has 1 aliphatic rings. The molecule has 0 saturated heterocycles. The topological polar surface area (TPSA) is 9.72 Å². The molecule has 3 nitrogen and oxygen atoms in total. The second-order valence-electron chi connectivity index (χ2n) is 7.75. The van der Waals surface area contributed by atoms with E-state index in [2.05, 4.69) is 133 Å². The molecule has 154 valence electrons. The van der Waals surface area contributed by atoms with Gasteiger partial charge in [0.15, 0.2) is 0 Å². The number of hydrogen-bond acceptors (Lipinski definition) is 4. The molecule has 0 fully saturated rings. The molecular formula is C27H25N3S. The van der Waals surface area contributed by atoms with Gasteiger partial charge in [0.1, 0.15) is 0 Å². The molecule has 31 heavy (non-hydrogen) atoms. The molecule has 4 heteroatoms. The van der Waals surface area contributed by atoms with Crippen molar-refractivity contribution >= 4 is 45.9 Å². The van der Waals surface area contributed by atoms with Gasteiger partial charge in [-0.1, -0.05) is 48.2 Å². The molecular weight excluding hydrogens is 398 g/mol. The van der Waals surface area contributed by atoms with Gasteiger partial charge in [-0.25, -0.2) is 0 Å². The van der Waals surface area contributed by atoms with E-state index >= 15 is 0 Å². The Bertz CT molecular complexity index is 1110. The fraction of sp³-hybridized carbons (Fsp3) is 0.111. The summed E-state index contributed by atoms with van der Waals surface area (Å²) in [7, 11) is 6.39. The lowest BCUT2D eigenvalue weighted by Crippen LogP contribution is -2.17. The van der Waals surface area contributed by atoms with Crippen molar-refractivity contribution in [2.45, 2.75) is 9.79 Å². The highest BCUT2D eigenvalue weighted by Gasteiger charge is 2.22. The third kappa shape index (κ3) is 3.64. The van der Waals surface area contributed by atoms with E-state index in [1.807, 2.05) is 11.8 Å². The molecule has 1 heterocycles. The standard InChI is InChI=1S/C27H25N3S/c1-28(20-10-6-4-7-11-20)22-14-16-24-26(18-22)31-27-19-23(15-17-25(27)30(24)3)29(2)21-12-8-5-9-13-21/h4-19H,1-3H3.